The Morgan fingerprint density at radius 1 is 1.20 bits per heavy atom. The maximum Gasteiger partial charge on any atom is 0.329 e. The van der Waals surface area contributed by atoms with E-state index in [0.29, 0.717) is 12.8 Å². The number of carbonyl (C=O) groups is 2. The largest absolute Gasteiger partial charge is 0.479 e. The summed E-state index contributed by atoms with van der Waals surface area (Å²) in [5.74, 6) is -1.09. The summed E-state index contributed by atoms with van der Waals surface area (Å²) < 4.78 is 1.53. The van der Waals surface area contributed by atoms with Gasteiger partial charge in [-0.15, -0.1) is 5.10 Å². The zero-order valence-electron chi connectivity index (χ0n) is 14.1. The van der Waals surface area contributed by atoms with Gasteiger partial charge in [0, 0.05) is 7.05 Å². The molecule has 0 aliphatic heterocycles. The Morgan fingerprint density at radius 3 is 2.44 bits per heavy atom. The zero-order chi connectivity index (χ0) is 17.9. The van der Waals surface area contributed by atoms with Crippen LogP contribution in [0.25, 0.3) is 5.69 Å². The molecular weight excluding hydrogens is 322 g/mol. The minimum atomic E-state index is -1.07. The van der Waals surface area contributed by atoms with Crippen molar-refractivity contribution in [2.24, 2.45) is 0 Å². The molecule has 0 unspecified atom stereocenters. The van der Waals surface area contributed by atoms with E-state index in [2.05, 4.69) is 15.5 Å². The van der Waals surface area contributed by atoms with E-state index in [4.69, 9.17) is 0 Å². The van der Waals surface area contributed by atoms with Crippen LogP contribution < -0.4 is 0 Å². The summed E-state index contributed by atoms with van der Waals surface area (Å²) in [6.07, 6.45) is 5.39. The number of carboxylic acids is 1. The first-order valence-electron chi connectivity index (χ1n) is 8.35. The van der Waals surface area contributed by atoms with Gasteiger partial charge in [0.1, 0.15) is 11.9 Å². The summed E-state index contributed by atoms with van der Waals surface area (Å²) in [5, 5.41) is 20.7. The van der Waals surface area contributed by atoms with E-state index in [1.54, 1.807) is 7.05 Å². The first kappa shape index (κ1) is 17.1. The van der Waals surface area contributed by atoms with Gasteiger partial charge < -0.3 is 10.0 Å². The molecule has 25 heavy (non-hydrogen) atoms. The Morgan fingerprint density at radius 2 is 1.88 bits per heavy atom. The van der Waals surface area contributed by atoms with Crippen molar-refractivity contribution in [2.75, 3.05) is 7.05 Å². The van der Waals surface area contributed by atoms with E-state index >= 15 is 0 Å². The van der Waals surface area contributed by atoms with Gasteiger partial charge in [-0.3, -0.25) is 4.79 Å². The van der Waals surface area contributed by atoms with Crippen LogP contribution in [0.15, 0.2) is 30.6 Å². The van der Waals surface area contributed by atoms with Gasteiger partial charge in [-0.2, -0.15) is 0 Å². The highest BCUT2D eigenvalue weighted by Gasteiger charge is 2.45. The maximum atomic E-state index is 12.7. The average molecular weight is 343 g/mol. The molecule has 0 spiro atoms. The second-order valence-electron chi connectivity index (χ2n) is 6.45. The molecule has 1 saturated carbocycles. The summed E-state index contributed by atoms with van der Waals surface area (Å²) in [5.41, 5.74) is 0.552. The molecule has 0 bridgehead atoms. The Labute approximate surface area is 145 Å². The minimum Gasteiger partial charge on any atom is -0.479 e. The summed E-state index contributed by atoms with van der Waals surface area (Å²) in [6.45, 7) is 0. The highest BCUT2D eigenvalue weighted by atomic mass is 16.4. The quantitative estimate of drug-likeness (QED) is 0.882. The van der Waals surface area contributed by atoms with Crippen LogP contribution in [0.1, 0.15) is 37.7 Å². The van der Waals surface area contributed by atoms with Gasteiger partial charge in [0.15, 0.2) is 0 Å². The SMILES string of the molecule is CN(C(=O)Cc1ccc(-n2cnnn2)cc1)C1(C(=O)O)CCCCC1. The molecule has 132 valence electrons. The van der Waals surface area contributed by atoms with Crippen LogP contribution in [-0.4, -0.2) is 54.7 Å². The van der Waals surface area contributed by atoms with Gasteiger partial charge in [0.25, 0.3) is 0 Å². The fourth-order valence-electron chi connectivity index (χ4n) is 3.41. The van der Waals surface area contributed by atoms with Crippen molar-refractivity contribution in [2.45, 2.75) is 44.1 Å². The molecule has 1 fully saturated rings. The fourth-order valence-corrected chi connectivity index (χ4v) is 3.41. The average Bonchev–Trinajstić information content (AvgIpc) is 3.16. The van der Waals surface area contributed by atoms with Crippen LogP contribution in [0.2, 0.25) is 0 Å². The number of hydrogen-bond donors (Lipinski definition) is 1. The molecule has 2 aromatic rings. The number of rotatable bonds is 5. The molecule has 0 saturated heterocycles. The smallest absolute Gasteiger partial charge is 0.329 e. The van der Waals surface area contributed by atoms with Crippen LogP contribution >= 0.6 is 0 Å². The summed E-state index contributed by atoms with van der Waals surface area (Å²) >= 11 is 0. The molecule has 1 amide bonds. The zero-order valence-corrected chi connectivity index (χ0v) is 14.1. The number of benzene rings is 1. The highest BCUT2D eigenvalue weighted by molar-refractivity contribution is 5.88. The van der Waals surface area contributed by atoms with E-state index < -0.39 is 11.5 Å². The molecule has 8 heteroatoms. The third-order valence-electron chi connectivity index (χ3n) is 5.00. The van der Waals surface area contributed by atoms with Crippen LogP contribution in [0.5, 0.6) is 0 Å². The van der Waals surface area contributed by atoms with Gasteiger partial charge in [-0.25, -0.2) is 9.48 Å². The fraction of sp³-hybridized carbons (Fsp3) is 0.471. The van der Waals surface area contributed by atoms with Crippen molar-refractivity contribution in [1.82, 2.24) is 25.1 Å². The van der Waals surface area contributed by atoms with Crippen LogP contribution in [0.4, 0.5) is 0 Å². The first-order chi connectivity index (χ1) is 12.0. The van der Waals surface area contributed by atoms with E-state index in [-0.39, 0.29) is 12.3 Å². The second-order valence-corrected chi connectivity index (χ2v) is 6.45. The normalized spacial score (nSPS) is 16.4. The minimum absolute atomic E-state index is 0.168. The number of carbonyl (C=O) groups excluding carboxylic acids is 1. The van der Waals surface area contributed by atoms with Crippen molar-refractivity contribution < 1.29 is 14.7 Å². The molecule has 0 radical (unpaired) electrons. The molecule has 1 aliphatic rings. The number of likely N-dealkylation sites (N-methyl/N-ethyl adjacent to an activating group) is 1. The molecule has 1 aromatic carbocycles. The first-order valence-corrected chi connectivity index (χ1v) is 8.35. The van der Waals surface area contributed by atoms with E-state index in [1.165, 1.54) is 15.9 Å². The maximum absolute atomic E-state index is 12.7. The van der Waals surface area contributed by atoms with Gasteiger partial charge in [-0.1, -0.05) is 31.4 Å². The molecule has 0 atom stereocenters. The number of aromatic nitrogens is 4. The molecule has 1 heterocycles. The second kappa shape index (κ2) is 7.00. The van der Waals surface area contributed by atoms with E-state index in [9.17, 15) is 14.7 Å². The molecule has 1 aliphatic carbocycles. The number of aliphatic carboxylic acids is 1. The summed E-state index contributed by atoms with van der Waals surface area (Å²) in [6, 6.07) is 7.31. The van der Waals surface area contributed by atoms with Gasteiger partial charge in [0.2, 0.25) is 5.91 Å². The summed E-state index contributed by atoms with van der Waals surface area (Å²) in [7, 11) is 1.61. The molecule has 1 aromatic heterocycles. The van der Waals surface area contributed by atoms with Crippen molar-refractivity contribution in [3.63, 3.8) is 0 Å². The van der Waals surface area contributed by atoms with Crippen LogP contribution in [-0.2, 0) is 16.0 Å². The van der Waals surface area contributed by atoms with E-state index in [0.717, 1.165) is 30.5 Å². The lowest BCUT2D eigenvalue weighted by Gasteiger charge is -2.41. The van der Waals surface area contributed by atoms with Crippen molar-refractivity contribution in [3.8, 4) is 5.69 Å². The third kappa shape index (κ3) is 3.38. The monoisotopic (exact) mass is 343 g/mol. The lowest BCUT2D eigenvalue weighted by atomic mass is 9.80. The predicted molar refractivity (Wildman–Crippen MR) is 89.1 cm³/mol. The number of amides is 1. The van der Waals surface area contributed by atoms with Gasteiger partial charge >= 0.3 is 5.97 Å². The molecule has 8 nitrogen and oxygen atoms in total. The lowest BCUT2D eigenvalue weighted by Crippen LogP contribution is -2.56. The third-order valence-corrected chi connectivity index (χ3v) is 5.00. The lowest BCUT2D eigenvalue weighted by molar-refractivity contribution is -0.160. The highest BCUT2D eigenvalue weighted by Crippen LogP contribution is 2.33. The Bertz CT molecular complexity index is 736. The number of hydrogen-bond acceptors (Lipinski definition) is 5. The summed E-state index contributed by atoms with van der Waals surface area (Å²) in [4.78, 5) is 25.9. The van der Waals surface area contributed by atoms with E-state index in [1.807, 2.05) is 24.3 Å². The predicted octanol–water partition coefficient (Wildman–Crippen LogP) is 1.45. The number of tetrazole rings is 1. The number of nitrogens with zero attached hydrogens (tertiary/aromatic N) is 5. The van der Waals surface area contributed by atoms with Gasteiger partial charge in [-0.05, 0) is 41.0 Å². The van der Waals surface area contributed by atoms with Crippen molar-refractivity contribution >= 4 is 11.9 Å². The van der Waals surface area contributed by atoms with Crippen LogP contribution in [0.3, 0.4) is 0 Å². The number of carboxylic acid groups (broad SMARTS) is 1. The van der Waals surface area contributed by atoms with Crippen molar-refractivity contribution in [3.05, 3.63) is 36.2 Å². The molecule has 1 N–H and O–H groups in total. The van der Waals surface area contributed by atoms with Crippen LogP contribution in [0, 0.1) is 0 Å². The Balaban J connectivity index is 1.71. The Kier molecular flexibility index (Phi) is 4.78. The standard InChI is InChI=1S/C17H21N5O3/c1-21(17(16(24)25)9-3-2-4-10-17)15(23)11-13-5-7-14(8-6-13)22-12-18-19-20-22/h5-8,12H,2-4,9-11H2,1H3,(H,24,25). The van der Waals surface area contributed by atoms with Crippen molar-refractivity contribution in [1.29, 1.82) is 0 Å². The topological polar surface area (TPSA) is 101 Å². The molecule has 3 rings (SSSR count). The Hall–Kier alpha value is -2.77. The van der Waals surface area contributed by atoms with Gasteiger partial charge in [0.05, 0.1) is 12.1 Å². The molecular formula is C17H21N5O3.